The van der Waals surface area contributed by atoms with E-state index in [2.05, 4.69) is 26.8 Å². The Hall–Kier alpha value is -0.800. The van der Waals surface area contributed by atoms with Gasteiger partial charge in [0.25, 0.3) is 0 Å². The van der Waals surface area contributed by atoms with Crippen molar-refractivity contribution in [1.82, 2.24) is 0 Å². The summed E-state index contributed by atoms with van der Waals surface area (Å²) in [5, 5.41) is 10.9. The van der Waals surface area contributed by atoms with Gasteiger partial charge < -0.3 is 33.5 Å². The minimum absolute atomic E-state index is 0.0562. The molecule has 192 valence electrons. The largest absolute Gasteiger partial charge is 0.392 e. The molecule has 1 aliphatic carbocycles. The maximum Gasteiger partial charge on any atom is 0.186 e. The first-order valence-corrected chi connectivity index (χ1v) is 12.1. The quantitative estimate of drug-likeness (QED) is 0.412. The predicted octanol–water partition coefficient (Wildman–Crippen LogP) is 3.60. The van der Waals surface area contributed by atoms with Gasteiger partial charge in [0.2, 0.25) is 0 Å². The summed E-state index contributed by atoms with van der Waals surface area (Å²) in [5.41, 5.74) is 0.988. The third kappa shape index (κ3) is 6.66. The van der Waals surface area contributed by atoms with Gasteiger partial charge in [-0.2, -0.15) is 0 Å². The van der Waals surface area contributed by atoms with E-state index in [0.29, 0.717) is 17.8 Å². The van der Waals surface area contributed by atoms with Crippen molar-refractivity contribution < 1.29 is 33.5 Å². The Kier molecular flexibility index (Phi) is 11.5. The van der Waals surface area contributed by atoms with Gasteiger partial charge in [-0.15, -0.1) is 0 Å². The van der Waals surface area contributed by atoms with Crippen LogP contribution in [-0.4, -0.2) is 83.6 Å². The van der Waals surface area contributed by atoms with E-state index in [1.54, 1.807) is 35.5 Å². The van der Waals surface area contributed by atoms with Crippen molar-refractivity contribution in [3.05, 3.63) is 23.8 Å². The molecular formula is C26H46O7. The summed E-state index contributed by atoms with van der Waals surface area (Å²) in [6.45, 7) is 8.47. The Morgan fingerprint density at radius 2 is 1.61 bits per heavy atom. The number of ether oxygens (including phenoxy) is 6. The highest BCUT2D eigenvalue weighted by Crippen LogP contribution is 2.49. The number of methoxy groups -OCH3 is 5. The zero-order valence-corrected chi connectivity index (χ0v) is 21.9. The van der Waals surface area contributed by atoms with Gasteiger partial charge in [-0.1, -0.05) is 39.0 Å². The predicted molar refractivity (Wildman–Crippen MR) is 128 cm³/mol. The van der Waals surface area contributed by atoms with Crippen LogP contribution in [0.4, 0.5) is 0 Å². The Labute approximate surface area is 200 Å². The Morgan fingerprint density at radius 1 is 0.970 bits per heavy atom. The lowest BCUT2D eigenvalue weighted by Crippen LogP contribution is -2.60. The van der Waals surface area contributed by atoms with E-state index in [-0.39, 0.29) is 42.5 Å². The minimum atomic E-state index is -0.558. The van der Waals surface area contributed by atoms with Crippen LogP contribution in [0.1, 0.15) is 40.5 Å². The Bertz CT molecular complexity index is 632. The average molecular weight is 471 g/mol. The zero-order valence-electron chi connectivity index (χ0n) is 21.9. The van der Waals surface area contributed by atoms with Crippen molar-refractivity contribution in [1.29, 1.82) is 0 Å². The van der Waals surface area contributed by atoms with Crippen LogP contribution < -0.4 is 0 Å². The lowest BCUT2D eigenvalue weighted by atomic mass is 9.91. The standard InChI is InChI=1S/C26H46O7/c1-10-20(28-5)17(4)18-14-19(18)21(27)15(2)12-11-13-16(3)22-23(29-6)24(30-7)25(31-8)26(32-9)33-22/h11-13,15,17-27H,10,14H2,1-9H3/b12-11+,16-13+/t15-,17-,18+,19-,20-,21+,22-,23-,24-,25+,26-/m0/s1. The van der Waals surface area contributed by atoms with Crippen molar-refractivity contribution in [2.45, 2.75) is 83.5 Å². The highest BCUT2D eigenvalue weighted by atomic mass is 16.7. The molecule has 0 aromatic rings. The molecule has 11 atom stereocenters. The molecule has 33 heavy (non-hydrogen) atoms. The molecule has 0 aromatic carbocycles. The number of allylic oxidation sites excluding steroid dienone is 2. The molecule has 2 aliphatic rings. The molecule has 1 heterocycles. The molecule has 1 aliphatic heterocycles. The third-order valence-corrected chi connectivity index (χ3v) is 7.60. The van der Waals surface area contributed by atoms with E-state index in [9.17, 15) is 5.11 Å². The Balaban J connectivity index is 2.02. The molecular weight excluding hydrogens is 424 g/mol. The van der Waals surface area contributed by atoms with Crippen LogP contribution in [0.15, 0.2) is 23.8 Å². The smallest absolute Gasteiger partial charge is 0.186 e. The van der Waals surface area contributed by atoms with Crippen LogP contribution >= 0.6 is 0 Å². The lowest BCUT2D eigenvalue weighted by molar-refractivity contribution is -0.295. The molecule has 0 aromatic heterocycles. The van der Waals surface area contributed by atoms with Gasteiger partial charge >= 0.3 is 0 Å². The van der Waals surface area contributed by atoms with Gasteiger partial charge in [-0.3, -0.25) is 0 Å². The Morgan fingerprint density at radius 3 is 2.12 bits per heavy atom. The van der Waals surface area contributed by atoms with Gasteiger partial charge in [0.05, 0.1) is 12.2 Å². The summed E-state index contributed by atoms with van der Waals surface area (Å²) in [5.74, 6) is 1.39. The van der Waals surface area contributed by atoms with Crippen molar-refractivity contribution in [2.24, 2.45) is 23.7 Å². The summed E-state index contributed by atoms with van der Waals surface area (Å²) in [7, 11) is 8.27. The van der Waals surface area contributed by atoms with E-state index in [0.717, 1.165) is 18.4 Å². The number of aliphatic hydroxyl groups is 1. The van der Waals surface area contributed by atoms with Crippen LogP contribution in [0.2, 0.25) is 0 Å². The van der Waals surface area contributed by atoms with Crippen LogP contribution in [-0.2, 0) is 28.4 Å². The summed E-state index contributed by atoms with van der Waals surface area (Å²) in [6, 6.07) is 0. The first kappa shape index (κ1) is 28.4. The van der Waals surface area contributed by atoms with E-state index in [1.807, 2.05) is 19.1 Å². The average Bonchev–Trinajstić information content (AvgIpc) is 3.63. The van der Waals surface area contributed by atoms with Crippen LogP contribution in [0.5, 0.6) is 0 Å². The van der Waals surface area contributed by atoms with Crippen molar-refractivity contribution in [2.75, 3.05) is 35.5 Å². The number of hydrogen-bond acceptors (Lipinski definition) is 7. The molecule has 2 fully saturated rings. The first-order valence-electron chi connectivity index (χ1n) is 12.1. The molecule has 1 saturated heterocycles. The van der Waals surface area contributed by atoms with E-state index in [4.69, 9.17) is 28.4 Å². The molecule has 7 nitrogen and oxygen atoms in total. The number of hydrogen-bond donors (Lipinski definition) is 1. The molecule has 0 unspecified atom stereocenters. The minimum Gasteiger partial charge on any atom is -0.392 e. The molecule has 0 radical (unpaired) electrons. The summed E-state index contributed by atoms with van der Waals surface area (Å²) in [4.78, 5) is 0. The molecule has 1 N–H and O–H groups in total. The highest BCUT2D eigenvalue weighted by molar-refractivity contribution is 5.19. The fraction of sp³-hybridized carbons (Fsp3) is 0.846. The van der Waals surface area contributed by atoms with Crippen molar-refractivity contribution in [3.8, 4) is 0 Å². The molecule has 2 rings (SSSR count). The lowest BCUT2D eigenvalue weighted by Gasteiger charge is -2.44. The van der Waals surface area contributed by atoms with Gasteiger partial charge in [-0.05, 0) is 43.1 Å². The second kappa shape index (κ2) is 13.3. The van der Waals surface area contributed by atoms with Crippen LogP contribution in [0.25, 0.3) is 0 Å². The number of rotatable bonds is 13. The van der Waals surface area contributed by atoms with E-state index in [1.165, 1.54) is 0 Å². The SMILES string of the molecule is CC[C@H](OC)[C@@H](C)[C@H]1C[C@@H]1[C@H](O)[C@@H](C)/C=C/C=C(\C)[C@@H]1O[C@H](OC)[C@H](OC)[C@@H](OC)[C@H]1OC. The molecule has 0 bridgehead atoms. The van der Waals surface area contributed by atoms with Crippen molar-refractivity contribution >= 4 is 0 Å². The molecule has 1 saturated carbocycles. The maximum absolute atomic E-state index is 10.9. The third-order valence-electron chi connectivity index (χ3n) is 7.60. The fourth-order valence-electron chi connectivity index (χ4n) is 5.38. The van der Waals surface area contributed by atoms with Gasteiger partial charge in [0.1, 0.15) is 24.4 Å². The van der Waals surface area contributed by atoms with E-state index >= 15 is 0 Å². The molecule has 7 heteroatoms. The normalized spacial score (nSPS) is 36.5. The van der Waals surface area contributed by atoms with Gasteiger partial charge in [0.15, 0.2) is 6.29 Å². The summed E-state index contributed by atoms with van der Waals surface area (Å²) in [6.07, 6.45) is 6.10. The summed E-state index contributed by atoms with van der Waals surface area (Å²) >= 11 is 0. The van der Waals surface area contributed by atoms with Gasteiger partial charge in [-0.25, -0.2) is 0 Å². The van der Waals surface area contributed by atoms with Crippen LogP contribution in [0, 0.1) is 23.7 Å². The first-order chi connectivity index (χ1) is 15.8. The molecule has 0 spiro atoms. The van der Waals surface area contributed by atoms with Gasteiger partial charge in [0, 0.05) is 41.5 Å². The van der Waals surface area contributed by atoms with Crippen LogP contribution in [0.3, 0.4) is 0 Å². The fourth-order valence-corrected chi connectivity index (χ4v) is 5.38. The highest BCUT2D eigenvalue weighted by Gasteiger charge is 2.49. The van der Waals surface area contributed by atoms with E-state index < -0.39 is 6.29 Å². The van der Waals surface area contributed by atoms with Crippen molar-refractivity contribution in [3.63, 3.8) is 0 Å². The topological polar surface area (TPSA) is 75.6 Å². The molecule has 0 amide bonds. The number of aliphatic hydroxyl groups excluding tert-OH is 1. The maximum atomic E-state index is 10.9. The zero-order chi connectivity index (χ0) is 24.7. The second-order valence-electron chi connectivity index (χ2n) is 9.51. The monoisotopic (exact) mass is 470 g/mol. The summed E-state index contributed by atoms with van der Waals surface area (Å²) < 4.78 is 34.2. The second-order valence-corrected chi connectivity index (χ2v) is 9.51.